The molecular weight excluding hydrogens is 204 g/mol. The van der Waals surface area contributed by atoms with Crippen LogP contribution in [0.5, 0.6) is 5.75 Å². The summed E-state index contributed by atoms with van der Waals surface area (Å²) in [6.45, 7) is 3.41. The van der Waals surface area contributed by atoms with Crippen molar-refractivity contribution >= 4 is 0 Å². The largest absolute Gasteiger partial charge is 0.497 e. The van der Waals surface area contributed by atoms with E-state index >= 15 is 0 Å². The zero-order valence-corrected chi connectivity index (χ0v) is 9.77. The molecule has 3 heteroatoms. The van der Waals surface area contributed by atoms with Crippen LogP contribution in [0.15, 0.2) is 18.2 Å². The number of aliphatic hydroxyl groups is 1. The van der Waals surface area contributed by atoms with Crippen LogP contribution in [0.2, 0.25) is 0 Å². The van der Waals surface area contributed by atoms with Gasteiger partial charge in [-0.05, 0) is 36.6 Å². The fraction of sp³-hybridized carbons (Fsp3) is 0.538. The lowest BCUT2D eigenvalue weighted by Crippen LogP contribution is -2.13. The van der Waals surface area contributed by atoms with Gasteiger partial charge in [-0.3, -0.25) is 0 Å². The Morgan fingerprint density at radius 1 is 1.50 bits per heavy atom. The minimum absolute atomic E-state index is 0.214. The molecule has 0 radical (unpaired) electrons. The molecule has 0 bridgehead atoms. The molecule has 0 saturated carbocycles. The SMILES string of the molecule is COc1ccc(C)c(C(O)C2CCOC2)c1. The van der Waals surface area contributed by atoms with Crippen molar-refractivity contribution in [3.8, 4) is 5.75 Å². The van der Waals surface area contributed by atoms with Crippen LogP contribution in [0.3, 0.4) is 0 Å². The van der Waals surface area contributed by atoms with Gasteiger partial charge in [-0.15, -0.1) is 0 Å². The molecule has 1 aliphatic heterocycles. The van der Waals surface area contributed by atoms with E-state index in [0.717, 1.165) is 29.9 Å². The van der Waals surface area contributed by atoms with Gasteiger partial charge in [-0.2, -0.15) is 0 Å². The van der Waals surface area contributed by atoms with Gasteiger partial charge in [-0.25, -0.2) is 0 Å². The third-order valence-corrected chi connectivity index (χ3v) is 3.22. The van der Waals surface area contributed by atoms with E-state index in [1.54, 1.807) is 7.11 Å². The van der Waals surface area contributed by atoms with Gasteiger partial charge in [0.1, 0.15) is 5.75 Å². The molecule has 3 nitrogen and oxygen atoms in total. The van der Waals surface area contributed by atoms with Crippen molar-refractivity contribution in [1.82, 2.24) is 0 Å². The van der Waals surface area contributed by atoms with Gasteiger partial charge in [0, 0.05) is 12.5 Å². The van der Waals surface area contributed by atoms with Crippen molar-refractivity contribution in [3.05, 3.63) is 29.3 Å². The van der Waals surface area contributed by atoms with Crippen LogP contribution in [0, 0.1) is 12.8 Å². The maximum atomic E-state index is 10.3. The molecule has 1 saturated heterocycles. The Kier molecular flexibility index (Phi) is 3.46. The second-order valence-corrected chi connectivity index (χ2v) is 4.29. The molecule has 1 aromatic carbocycles. The smallest absolute Gasteiger partial charge is 0.119 e. The van der Waals surface area contributed by atoms with Crippen LogP contribution in [0.4, 0.5) is 0 Å². The predicted molar refractivity (Wildman–Crippen MR) is 61.6 cm³/mol. The summed E-state index contributed by atoms with van der Waals surface area (Å²) in [7, 11) is 1.64. The van der Waals surface area contributed by atoms with Gasteiger partial charge in [0.25, 0.3) is 0 Å². The first-order chi connectivity index (χ1) is 7.72. The van der Waals surface area contributed by atoms with Gasteiger partial charge in [0.2, 0.25) is 0 Å². The lowest BCUT2D eigenvalue weighted by molar-refractivity contribution is 0.0911. The summed E-state index contributed by atoms with van der Waals surface area (Å²) in [6.07, 6.45) is 0.482. The number of hydrogen-bond donors (Lipinski definition) is 1. The lowest BCUT2D eigenvalue weighted by Gasteiger charge is -2.19. The molecule has 2 rings (SSSR count). The maximum Gasteiger partial charge on any atom is 0.119 e. The minimum atomic E-state index is -0.447. The summed E-state index contributed by atoms with van der Waals surface area (Å²) in [5.74, 6) is 1.00. The summed E-state index contributed by atoms with van der Waals surface area (Å²) in [5, 5.41) is 10.3. The Labute approximate surface area is 96.0 Å². The summed E-state index contributed by atoms with van der Waals surface area (Å²) >= 11 is 0. The molecule has 2 atom stereocenters. The van der Waals surface area contributed by atoms with Crippen LogP contribution in [0.1, 0.15) is 23.7 Å². The predicted octanol–water partition coefficient (Wildman–Crippen LogP) is 2.07. The van der Waals surface area contributed by atoms with Gasteiger partial charge in [-0.1, -0.05) is 6.07 Å². The van der Waals surface area contributed by atoms with Crippen LogP contribution < -0.4 is 4.74 Å². The molecule has 1 fully saturated rings. The fourth-order valence-electron chi connectivity index (χ4n) is 2.12. The van der Waals surface area contributed by atoms with Crippen LogP contribution >= 0.6 is 0 Å². The number of methoxy groups -OCH3 is 1. The highest BCUT2D eigenvalue weighted by Gasteiger charge is 2.26. The van der Waals surface area contributed by atoms with Crippen molar-refractivity contribution < 1.29 is 14.6 Å². The van der Waals surface area contributed by atoms with Gasteiger partial charge in [0.15, 0.2) is 0 Å². The molecule has 2 unspecified atom stereocenters. The van der Waals surface area contributed by atoms with E-state index in [1.165, 1.54) is 0 Å². The van der Waals surface area contributed by atoms with Crippen LogP contribution in [-0.2, 0) is 4.74 Å². The Bertz CT molecular complexity index is 356. The number of ether oxygens (including phenoxy) is 2. The second kappa shape index (κ2) is 4.85. The highest BCUT2D eigenvalue weighted by Crippen LogP contribution is 2.32. The number of aliphatic hydroxyl groups excluding tert-OH is 1. The molecule has 0 amide bonds. The Morgan fingerprint density at radius 2 is 2.31 bits per heavy atom. The standard InChI is InChI=1S/C13H18O3/c1-9-3-4-11(15-2)7-12(9)13(14)10-5-6-16-8-10/h3-4,7,10,13-14H,5-6,8H2,1-2H3. The first-order valence-corrected chi connectivity index (χ1v) is 5.62. The first-order valence-electron chi connectivity index (χ1n) is 5.62. The summed E-state index contributed by atoms with van der Waals surface area (Å²) in [5.41, 5.74) is 2.05. The molecule has 1 N–H and O–H groups in total. The number of benzene rings is 1. The van der Waals surface area contributed by atoms with Crippen molar-refractivity contribution in [2.45, 2.75) is 19.4 Å². The topological polar surface area (TPSA) is 38.7 Å². The quantitative estimate of drug-likeness (QED) is 0.851. The summed E-state index contributed by atoms with van der Waals surface area (Å²) < 4.78 is 10.5. The van der Waals surface area contributed by atoms with E-state index < -0.39 is 6.10 Å². The zero-order valence-electron chi connectivity index (χ0n) is 9.77. The summed E-state index contributed by atoms with van der Waals surface area (Å²) in [6, 6.07) is 5.81. The molecular formula is C13H18O3. The average Bonchev–Trinajstić information content (AvgIpc) is 2.82. The number of aryl methyl sites for hydroxylation is 1. The second-order valence-electron chi connectivity index (χ2n) is 4.29. The Balaban J connectivity index is 2.23. The van der Waals surface area contributed by atoms with Crippen molar-refractivity contribution in [2.75, 3.05) is 20.3 Å². The van der Waals surface area contributed by atoms with E-state index in [0.29, 0.717) is 6.61 Å². The van der Waals surface area contributed by atoms with Crippen molar-refractivity contribution in [1.29, 1.82) is 0 Å². The Morgan fingerprint density at radius 3 is 2.94 bits per heavy atom. The third kappa shape index (κ3) is 2.20. The maximum absolute atomic E-state index is 10.3. The van der Waals surface area contributed by atoms with E-state index in [9.17, 15) is 5.11 Å². The van der Waals surface area contributed by atoms with Gasteiger partial charge < -0.3 is 14.6 Å². The van der Waals surface area contributed by atoms with Crippen LogP contribution in [0.25, 0.3) is 0 Å². The number of hydrogen-bond acceptors (Lipinski definition) is 3. The highest BCUT2D eigenvalue weighted by atomic mass is 16.5. The summed E-state index contributed by atoms with van der Waals surface area (Å²) in [4.78, 5) is 0. The average molecular weight is 222 g/mol. The molecule has 0 aromatic heterocycles. The van der Waals surface area contributed by atoms with E-state index in [4.69, 9.17) is 9.47 Å². The minimum Gasteiger partial charge on any atom is -0.497 e. The molecule has 16 heavy (non-hydrogen) atoms. The van der Waals surface area contributed by atoms with Crippen LogP contribution in [-0.4, -0.2) is 25.4 Å². The molecule has 1 aromatic rings. The first kappa shape index (κ1) is 11.4. The van der Waals surface area contributed by atoms with E-state index in [-0.39, 0.29) is 5.92 Å². The lowest BCUT2D eigenvalue weighted by atomic mass is 9.92. The molecule has 0 aliphatic carbocycles. The molecule has 1 heterocycles. The van der Waals surface area contributed by atoms with Crippen molar-refractivity contribution in [3.63, 3.8) is 0 Å². The van der Waals surface area contributed by atoms with E-state index in [1.807, 2.05) is 25.1 Å². The van der Waals surface area contributed by atoms with Crippen molar-refractivity contribution in [2.24, 2.45) is 5.92 Å². The van der Waals surface area contributed by atoms with E-state index in [2.05, 4.69) is 0 Å². The highest BCUT2D eigenvalue weighted by molar-refractivity contribution is 5.36. The van der Waals surface area contributed by atoms with Gasteiger partial charge in [0.05, 0.1) is 19.8 Å². The molecule has 88 valence electrons. The molecule has 1 aliphatic rings. The normalized spacial score (nSPS) is 22.1. The number of rotatable bonds is 3. The zero-order chi connectivity index (χ0) is 11.5. The van der Waals surface area contributed by atoms with Gasteiger partial charge >= 0.3 is 0 Å². The fourth-order valence-corrected chi connectivity index (χ4v) is 2.12. The third-order valence-electron chi connectivity index (χ3n) is 3.22. The molecule has 0 spiro atoms. The Hall–Kier alpha value is -1.06. The monoisotopic (exact) mass is 222 g/mol.